The van der Waals surface area contributed by atoms with Gasteiger partial charge in [0.1, 0.15) is 16.5 Å². The number of thiophene rings is 1. The Morgan fingerprint density at radius 3 is 2.57 bits per heavy atom. The van der Waals surface area contributed by atoms with Gasteiger partial charge in [-0.05, 0) is 44.0 Å². The van der Waals surface area contributed by atoms with E-state index in [9.17, 15) is 4.79 Å². The van der Waals surface area contributed by atoms with E-state index in [0.29, 0.717) is 12.0 Å². The lowest BCUT2D eigenvalue weighted by atomic mass is 10.1. The first-order valence-electron chi connectivity index (χ1n) is 9.20. The smallest absolute Gasteiger partial charge is 0.159 e. The van der Waals surface area contributed by atoms with Gasteiger partial charge in [-0.15, -0.1) is 11.3 Å². The van der Waals surface area contributed by atoms with Gasteiger partial charge in [0, 0.05) is 22.5 Å². The lowest BCUT2D eigenvalue weighted by Gasteiger charge is -2.11. The van der Waals surface area contributed by atoms with Crippen LogP contribution in [0.1, 0.15) is 39.1 Å². The first-order valence-corrected chi connectivity index (χ1v) is 10.0. The molecule has 0 aliphatic carbocycles. The summed E-state index contributed by atoms with van der Waals surface area (Å²) in [6.07, 6.45) is 0.676. The van der Waals surface area contributed by atoms with Gasteiger partial charge < -0.3 is 5.32 Å². The molecule has 4 rings (SSSR count). The van der Waals surface area contributed by atoms with Gasteiger partial charge in [0.2, 0.25) is 0 Å². The van der Waals surface area contributed by atoms with Crippen LogP contribution in [-0.4, -0.2) is 15.8 Å². The number of aryl methyl sites for hydroxylation is 2. The summed E-state index contributed by atoms with van der Waals surface area (Å²) in [5, 5.41) is 4.47. The minimum absolute atomic E-state index is 0.0452. The average Bonchev–Trinajstić information content (AvgIpc) is 2.97. The summed E-state index contributed by atoms with van der Waals surface area (Å²) >= 11 is 1.69. The van der Waals surface area contributed by atoms with E-state index in [1.807, 2.05) is 42.5 Å². The second-order valence-corrected chi connectivity index (χ2v) is 8.08. The number of ketones is 1. The molecular formula is C23H21N3OS. The Labute approximate surface area is 168 Å². The van der Waals surface area contributed by atoms with E-state index < -0.39 is 0 Å². The molecule has 1 N–H and O–H groups in total. The van der Waals surface area contributed by atoms with Crippen molar-refractivity contribution in [3.63, 3.8) is 0 Å². The number of fused-ring (bicyclic) bond motifs is 1. The van der Waals surface area contributed by atoms with Crippen LogP contribution in [0.25, 0.3) is 10.2 Å². The quantitative estimate of drug-likeness (QED) is 0.437. The van der Waals surface area contributed by atoms with Crippen LogP contribution in [0.4, 0.5) is 11.5 Å². The van der Waals surface area contributed by atoms with Crippen molar-refractivity contribution < 1.29 is 4.79 Å². The van der Waals surface area contributed by atoms with Crippen molar-refractivity contribution in [3.8, 4) is 0 Å². The molecule has 0 atom stereocenters. The highest BCUT2D eigenvalue weighted by atomic mass is 32.1. The van der Waals surface area contributed by atoms with Crippen LogP contribution in [0, 0.1) is 13.8 Å². The minimum atomic E-state index is 0.0452. The summed E-state index contributed by atoms with van der Waals surface area (Å²) in [7, 11) is 0. The van der Waals surface area contributed by atoms with Crippen LogP contribution in [0.3, 0.4) is 0 Å². The topological polar surface area (TPSA) is 54.9 Å². The van der Waals surface area contributed by atoms with Crippen molar-refractivity contribution >= 4 is 38.8 Å². The van der Waals surface area contributed by atoms with Gasteiger partial charge in [0.15, 0.2) is 5.78 Å². The Morgan fingerprint density at radius 2 is 1.82 bits per heavy atom. The highest BCUT2D eigenvalue weighted by Gasteiger charge is 2.15. The molecular weight excluding hydrogens is 366 g/mol. The van der Waals surface area contributed by atoms with Gasteiger partial charge in [-0.2, -0.15) is 0 Å². The van der Waals surface area contributed by atoms with Gasteiger partial charge in [0.25, 0.3) is 0 Å². The van der Waals surface area contributed by atoms with Crippen molar-refractivity contribution in [3.05, 3.63) is 82.0 Å². The van der Waals surface area contributed by atoms with Crippen LogP contribution in [0.2, 0.25) is 0 Å². The summed E-state index contributed by atoms with van der Waals surface area (Å²) in [6, 6.07) is 17.8. The minimum Gasteiger partial charge on any atom is -0.340 e. The molecule has 0 bridgehead atoms. The molecule has 4 aromatic rings. The number of benzene rings is 2. The number of nitrogens with zero attached hydrogens (tertiary/aromatic N) is 2. The van der Waals surface area contributed by atoms with E-state index in [1.54, 1.807) is 18.3 Å². The van der Waals surface area contributed by atoms with E-state index in [-0.39, 0.29) is 5.78 Å². The number of rotatable bonds is 5. The molecule has 0 amide bonds. The van der Waals surface area contributed by atoms with E-state index in [0.717, 1.165) is 27.5 Å². The van der Waals surface area contributed by atoms with Crippen LogP contribution < -0.4 is 5.32 Å². The van der Waals surface area contributed by atoms with Gasteiger partial charge >= 0.3 is 0 Å². The first kappa shape index (κ1) is 18.3. The van der Waals surface area contributed by atoms with Gasteiger partial charge in [-0.3, -0.25) is 4.79 Å². The Kier molecular flexibility index (Phi) is 4.92. The second kappa shape index (κ2) is 7.52. The molecule has 2 heterocycles. The van der Waals surface area contributed by atoms with Crippen molar-refractivity contribution in [1.82, 2.24) is 9.97 Å². The molecule has 0 radical (unpaired) electrons. The molecule has 0 aliphatic rings. The normalized spacial score (nSPS) is 11.0. The predicted octanol–water partition coefficient (Wildman–Crippen LogP) is 5.85. The van der Waals surface area contributed by atoms with Gasteiger partial charge in [0.05, 0.1) is 5.39 Å². The monoisotopic (exact) mass is 387 g/mol. The van der Waals surface area contributed by atoms with E-state index >= 15 is 0 Å². The summed E-state index contributed by atoms with van der Waals surface area (Å²) in [4.78, 5) is 23.6. The summed E-state index contributed by atoms with van der Waals surface area (Å²) in [5.41, 5.74) is 3.90. The fourth-order valence-corrected chi connectivity index (χ4v) is 4.24. The van der Waals surface area contributed by atoms with E-state index in [4.69, 9.17) is 9.97 Å². The van der Waals surface area contributed by atoms with Gasteiger partial charge in [-0.25, -0.2) is 9.97 Å². The maximum atomic E-state index is 11.7. The first-order chi connectivity index (χ1) is 13.5. The van der Waals surface area contributed by atoms with E-state index in [1.165, 1.54) is 16.0 Å². The lowest BCUT2D eigenvalue weighted by Crippen LogP contribution is -2.03. The fraction of sp³-hybridized carbons (Fsp3) is 0.174. The number of carbonyl (C=O) groups is 1. The number of Topliss-reactive ketones (excluding diaryl/α,β-unsaturated/α-hetero) is 1. The summed E-state index contributed by atoms with van der Waals surface area (Å²) < 4.78 is 0. The number of nitrogens with one attached hydrogen (secondary N) is 1. The molecule has 0 saturated heterocycles. The molecule has 0 saturated carbocycles. The van der Waals surface area contributed by atoms with Crippen molar-refractivity contribution in [2.24, 2.45) is 0 Å². The zero-order valence-corrected chi connectivity index (χ0v) is 16.9. The Hall–Kier alpha value is -3.05. The molecule has 0 aliphatic heterocycles. The zero-order chi connectivity index (χ0) is 19.7. The molecule has 140 valence electrons. The number of hydrogen-bond donors (Lipinski definition) is 1. The molecule has 2 aromatic heterocycles. The summed E-state index contributed by atoms with van der Waals surface area (Å²) in [6.45, 7) is 5.79. The lowest BCUT2D eigenvalue weighted by molar-refractivity contribution is 0.101. The summed E-state index contributed by atoms with van der Waals surface area (Å²) in [5.74, 6) is 1.62. The fourth-order valence-electron chi connectivity index (χ4n) is 3.19. The number of carbonyl (C=O) groups excluding carboxylic acids is 1. The average molecular weight is 388 g/mol. The van der Waals surface area contributed by atoms with Crippen LogP contribution >= 0.6 is 11.3 Å². The third-order valence-electron chi connectivity index (χ3n) is 4.81. The van der Waals surface area contributed by atoms with E-state index in [2.05, 4.69) is 31.3 Å². The second-order valence-electron chi connectivity index (χ2n) is 6.88. The third-order valence-corrected chi connectivity index (χ3v) is 5.91. The zero-order valence-electron chi connectivity index (χ0n) is 16.1. The Bertz CT molecular complexity index is 1170. The molecule has 0 unspecified atom stereocenters. The van der Waals surface area contributed by atoms with Crippen LogP contribution in [-0.2, 0) is 6.42 Å². The van der Waals surface area contributed by atoms with Crippen LogP contribution in [0.5, 0.6) is 0 Å². The predicted molar refractivity (Wildman–Crippen MR) is 116 cm³/mol. The standard InChI is InChI=1S/C23H21N3OS/c1-14-16(3)28-23-21(14)22(24-19-11-7-10-18(13-19)15(2)27)25-20(26-23)12-17-8-5-4-6-9-17/h4-11,13H,12H2,1-3H3,(H,24,25,26). The maximum absolute atomic E-state index is 11.7. The third kappa shape index (κ3) is 3.66. The van der Waals surface area contributed by atoms with Gasteiger partial charge in [-0.1, -0.05) is 42.5 Å². The Morgan fingerprint density at radius 1 is 1.04 bits per heavy atom. The highest BCUT2D eigenvalue weighted by molar-refractivity contribution is 7.18. The molecule has 4 nitrogen and oxygen atoms in total. The van der Waals surface area contributed by atoms with Crippen molar-refractivity contribution in [2.45, 2.75) is 27.2 Å². The highest BCUT2D eigenvalue weighted by Crippen LogP contribution is 2.35. The maximum Gasteiger partial charge on any atom is 0.159 e. The number of hydrogen-bond acceptors (Lipinski definition) is 5. The van der Waals surface area contributed by atoms with Crippen molar-refractivity contribution in [1.29, 1.82) is 0 Å². The molecule has 0 spiro atoms. The molecule has 5 heteroatoms. The molecule has 28 heavy (non-hydrogen) atoms. The van der Waals surface area contributed by atoms with Crippen LogP contribution in [0.15, 0.2) is 54.6 Å². The number of aromatic nitrogens is 2. The largest absolute Gasteiger partial charge is 0.340 e. The number of anilines is 2. The molecule has 2 aromatic carbocycles. The SMILES string of the molecule is CC(=O)c1cccc(Nc2nc(Cc3ccccc3)nc3sc(C)c(C)c23)c1. The molecule has 0 fully saturated rings. The van der Waals surface area contributed by atoms with Crippen molar-refractivity contribution in [2.75, 3.05) is 5.32 Å². The Balaban J connectivity index is 1.79.